The summed E-state index contributed by atoms with van der Waals surface area (Å²) in [6, 6.07) is 25.6. The lowest BCUT2D eigenvalue weighted by atomic mass is 10.1. The molecule has 1 amide bonds. The summed E-state index contributed by atoms with van der Waals surface area (Å²) in [4.78, 5) is 24.7. The van der Waals surface area contributed by atoms with Crippen molar-refractivity contribution in [1.82, 2.24) is 15.3 Å². The first-order chi connectivity index (χ1) is 16.5. The molecular formula is C28H29ClN4O. The number of aromatic nitrogens is 2. The number of carbonyl (C=O) groups is 1. The number of halogens is 1. The van der Waals surface area contributed by atoms with E-state index in [1.165, 1.54) is 0 Å². The summed E-state index contributed by atoms with van der Waals surface area (Å²) in [6.45, 7) is 5.47. The van der Waals surface area contributed by atoms with Crippen molar-refractivity contribution in [3.63, 3.8) is 0 Å². The van der Waals surface area contributed by atoms with Gasteiger partial charge in [-0.05, 0) is 37.1 Å². The van der Waals surface area contributed by atoms with Crippen LogP contribution in [0.5, 0.6) is 0 Å². The van der Waals surface area contributed by atoms with Gasteiger partial charge in [0.1, 0.15) is 5.82 Å². The van der Waals surface area contributed by atoms with Crippen molar-refractivity contribution < 1.29 is 4.79 Å². The minimum absolute atomic E-state index is 0.0159. The van der Waals surface area contributed by atoms with E-state index in [0.717, 1.165) is 40.8 Å². The molecule has 6 heteroatoms. The summed E-state index contributed by atoms with van der Waals surface area (Å²) < 4.78 is 0. The summed E-state index contributed by atoms with van der Waals surface area (Å²) in [5.74, 6) is 1.49. The first-order valence-corrected chi connectivity index (χ1v) is 12.0. The Bertz CT molecular complexity index is 1250. The van der Waals surface area contributed by atoms with Gasteiger partial charge in [0.25, 0.3) is 0 Å². The molecule has 174 valence electrons. The van der Waals surface area contributed by atoms with Crippen LogP contribution in [0.3, 0.4) is 0 Å². The summed E-state index contributed by atoms with van der Waals surface area (Å²) in [6.07, 6.45) is 1.30. The lowest BCUT2D eigenvalue weighted by Gasteiger charge is -2.25. The third kappa shape index (κ3) is 5.72. The molecule has 1 heterocycles. The highest BCUT2D eigenvalue weighted by Crippen LogP contribution is 2.30. The lowest BCUT2D eigenvalue weighted by molar-refractivity contribution is -0.121. The Morgan fingerprint density at radius 1 is 0.971 bits per heavy atom. The first-order valence-electron chi connectivity index (χ1n) is 11.7. The Morgan fingerprint density at radius 3 is 2.38 bits per heavy atom. The van der Waals surface area contributed by atoms with Crippen LogP contribution in [0.4, 0.5) is 5.82 Å². The fourth-order valence-electron chi connectivity index (χ4n) is 4.01. The quantitative estimate of drug-likeness (QED) is 0.305. The van der Waals surface area contributed by atoms with Gasteiger partial charge in [0, 0.05) is 35.5 Å². The van der Waals surface area contributed by atoms with Crippen molar-refractivity contribution in [1.29, 1.82) is 0 Å². The lowest BCUT2D eigenvalue weighted by Crippen LogP contribution is -2.33. The van der Waals surface area contributed by atoms with Gasteiger partial charge in [-0.15, -0.1) is 0 Å². The molecule has 0 fully saturated rings. The number of fused-ring (bicyclic) bond motifs is 1. The highest BCUT2D eigenvalue weighted by Gasteiger charge is 2.17. The summed E-state index contributed by atoms with van der Waals surface area (Å²) in [5.41, 5.74) is 2.82. The Balaban J connectivity index is 1.59. The largest absolute Gasteiger partial charge is 0.355 e. The molecule has 3 aromatic carbocycles. The standard InChI is InChI=1S/C28H29ClN4O/c1-3-17-33(18-16-26(34)30-20(2)21-10-6-4-7-11-21)28-24-15-14-23(29)19-25(24)31-27(32-28)22-12-8-5-9-13-22/h4-15,19-20H,3,16-18H2,1-2H3,(H,30,34)/t20-/m1/s1. The second-order valence-corrected chi connectivity index (χ2v) is 8.77. The van der Waals surface area contributed by atoms with E-state index in [0.29, 0.717) is 23.8 Å². The van der Waals surface area contributed by atoms with E-state index in [9.17, 15) is 4.79 Å². The van der Waals surface area contributed by atoms with Gasteiger partial charge in [-0.2, -0.15) is 0 Å². The van der Waals surface area contributed by atoms with E-state index in [4.69, 9.17) is 21.6 Å². The van der Waals surface area contributed by atoms with Crippen molar-refractivity contribution in [3.05, 3.63) is 89.4 Å². The van der Waals surface area contributed by atoms with Crippen LogP contribution in [0.1, 0.15) is 38.3 Å². The summed E-state index contributed by atoms with van der Waals surface area (Å²) >= 11 is 6.28. The number of hydrogen-bond donors (Lipinski definition) is 1. The fraction of sp³-hybridized carbons (Fsp3) is 0.250. The third-order valence-electron chi connectivity index (χ3n) is 5.75. The number of nitrogens with zero attached hydrogens (tertiary/aromatic N) is 3. The summed E-state index contributed by atoms with van der Waals surface area (Å²) in [5, 5.41) is 4.67. The number of nitrogens with one attached hydrogen (secondary N) is 1. The average Bonchev–Trinajstić information content (AvgIpc) is 2.86. The molecule has 1 atom stereocenters. The molecule has 4 rings (SSSR count). The molecule has 0 spiro atoms. The fourth-order valence-corrected chi connectivity index (χ4v) is 4.18. The second-order valence-electron chi connectivity index (χ2n) is 8.34. The second kappa shape index (κ2) is 11.1. The molecule has 0 bridgehead atoms. The number of benzene rings is 3. The van der Waals surface area contributed by atoms with Gasteiger partial charge in [0.2, 0.25) is 5.91 Å². The Morgan fingerprint density at radius 2 is 1.68 bits per heavy atom. The van der Waals surface area contributed by atoms with E-state index in [2.05, 4.69) is 17.1 Å². The molecule has 1 N–H and O–H groups in total. The normalized spacial score (nSPS) is 11.9. The molecule has 0 saturated carbocycles. The van der Waals surface area contributed by atoms with E-state index in [1.807, 2.05) is 85.8 Å². The number of hydrogen-bond acceptors (Lipinski definition) is 4. The monoisotopic (exact) mass is 472 g/mol. The van der Waals surface area contributed by atoms with Crippen molar-refractivity contribution >= 4 is 34.2 Å². The predicted molar refractivity (Wildman–Crippen MR) is 140 cm³/mol. The topological polar surface area (TPSA) is 58.1 Å². The van der Waals surface area contributed by atoms with Crippen LogP contribution in [0.2, 0.25) is 5.02 Å². The van der Waals surface area contributed by atoms with Gasteiger partial charge < -0.3 is 10.2 Å². The summed E-state index contributed by atoms with van der Waals surface area (Å²) in [7, 11) is 0. The molecule has 0 radical (unpaired) electrons. The SMILES string of the molecule is CCCN(CCC(=O)N[C@H](C)c1ccccc1)c1nc(-c2ccccc2)nc2cc(Cl)ccc12. The molecule has 34 heavy (non-hydrogen) atoms. The molecule has 0 aliphatic rings. The van der Waals surface area contributed by atoms with Crippen molar-refractivity contribution in [2.45, 2.75) is 32.7 Å². The predicted octanol–water partition coefficient (Wildman–Crippen LogP) is 6.43. The zero-order valence-electron chi connectivity index (χ0n) is 19.5. The maximum Gasteiger partial charge on any atom is 0.222 e. The van der Waals surface area contributed by atoms with Gasteiger partial charge in [-0.1, -0.05) is 79.2 Å². The number of amides is 1. The van der Waals surface area contributed by atoms with Gasteiger partial charge in [-0.25, -0.2) is 9.97 Å². The molecule has 0 unspecified atom stereocenters. The first kappa shape index (κ1) is 23.7. The van der Waals surface area contributed by atoms with Crippen LogP contribution in [0.15, 0.2) is 78.9 Å². The van der Waals surface area contributed by atoms with E-state index < -0.39 is 0 Å². The maximum absolute atomic E-state index is 12.8. The zero-order valence-corrected chi connectivity index (χ0v) is 20.3. The molecular weight excluding hydrogens is 444 g/mol. The maximum atomic E-state index is 12.8. The van der Waals surface area contributed by atoms with Crippen LogP contribution in [-0.4, -0.2) is 29.0 Å². The molecule has 4 aromatic rings. The van der Waals surface area contributed by atoms with Crippen LogP contribution in [0, 0.1) is 0 Å². The van der Waals surface area contributed by atoms with Crippen LogP contribution >= 0.6 is 11.6 Å². The minimum Gasteiger partial charge on any atom is -0.355 e. The van der Waals surface area contributed by atoms with Gasteiger partial charge in [0.05, 0.1) is 11.6 Å². The molecule has 0 saturated heterocycles. The van der Waals surface area contributed by atoms with E-state index >= 15 is 0 Å². The van der Waals surface area contributed by atoms with E-state index in [1.54, 1.807) is 0 Å². The number of rotatable bonds is 9. The Hall–Kier alpha value is -3.44. The highest BCUT2D eigenvalue weighted by molar-refractivity contribution is 6.31. The zero-order chi connectivity index (χ0) is 23.9. The van der Waals surface area contributed by atoms with Crippen molar-refractivity contribution in [2.24, 2.45) is 0 Å². The molecule has 1 aromatic heterocycles. The van der Waals surface area contributed by atoms with Gasteiger partial charge in [0.15, 0.2) is 5.82 Å². The average molecular weight is 473 g/mol. The van der Waals surface area contributed by atoms with Crippen LogP contribution < -0.4 is 10.2 Å². The molecule has 0 aliphatic heterocycles. The Labute approximate surface area is 205 Å². The van der Waals surface area contributed by atoms with Gasteiger partial charge >= 0.3 is 0 Å². The van der Waals surface area contributed by atoms with Gasteiger partial charge in [-0.3, -0.25) is 4.79 Å². The van der Waals surface area contributed by atoms with Crippen LogP contribution in [-0.2, 0) is 4.79 Å². The minimum atomic E-state index is -0.0416. The number of carbonyl (C=O) groups excluding carboxylic acids is 1. The van der Waals surface area contributed by atoms with Crippen molar-refractivity contribution in [3.8, 4) is 11.4 Å². The Kier molecular flexibility index (Phi) is 7.76. The number of anilines is 1. The molecule has 5 nitrogen and oxygen atoms in total. The van der Waals surface area contributed by atoms with Crippen LogP contribution in [0.25, 0.3) is 22.3 Å². The van der Waals surface area contributed by atoms with E-state index in [-0.39, 0.29) is 11.9 Å². The highest BCUT2D eigenvalue weighted by atomic mass is 35.5. The smallest absolute Gasteiger partial charge is 0.222 e. The van der Waals surface area contributed by atoms with Crippen molar-refractivity contribution in [2.75, 3.05) is 18.0 Å². The molecule has 0 aliphatic carbocycles. The third-order valence-corrected chi connectivity index (χ3v) is 5.98.